The van der Waals surface area contributed by atoms with Gasteiger partial charge in [-0.1, -0.05) is 12.1 Å². The molecule has 1 aliphatic heterocycles. The fraction of sp³-hybridized carbons (Fsp3) is 0.625. The Bertz CT molecular complexity index is 400. The van der Waals surface area contributed by atoms with Crippen LogP contribution in [0.15, 0.2) is 12.1 Å². The lowest BCUT2D eigenvalue weighted by atomic mass is 10.0. The molecule has 2 rings (SSSR count). The lowest BCUT2D eigenvalue weighted by Gasteiger charge is -2.25. The number of ether oxygens (including phenoxy) is 2. The van der Waals surface area contributed by atoms with Crippen LogP contribution in [-0.4, -0.2) is 25.4 Å². The zero-order valence-electron chi connectivity index (χ0n) is 12.2. The van der Waals surface area contributed by atoms with E-state index >= 15 is 0 Å². The predicted octanol–water partition coefficient (Wildman–Crippen LogP) is 2.75. The molecule has 1 unspecified atom stereocenters. The third-order valence-electron chi connectivity index (χ3n) is 3.53. The number of aryl methyl sites for hydroxylation is 2. The third-order valence-corrected chi connectivity index (χ3v) is 3.53. The third kappa shape index (κ3) is 3.95. The Balaban J connectivity index is 2.11. The molecular weight excluding hydrogens is 238 g/mol. The van der Waals surface area contributed by atoms with Crippen molar-refractivity contribution in [2.24, 2.45) is 5.73 Å². The summed E-state index contributed by atoms with van der Waals surface area (Å²) in [7, 11) is 0. The number of hydrogen-bond donors (Lipinski definition) is 1. The van der Waals surface area contributed by atoms with Crippen LogP contribution in [0.2, 0.25) is 0 Å². The molecule has 0 aromatic heterocycles. The fourth-order valence-electron chi connectivity index (χ4n) is 2.68. The molecule has 0 radical (unpaired) electrons. The van der Waals surface area contributed by atoms with E-state index in [2.05, 4.69) is 26.0 Å². The van der Waals surface area contributed by atoms with Crippen molar-refractivity contribution in [2.75, 3.05) is 13.2 Å². The molecule has 106 valence electrons. The second-order valence-electron chi connectivity index (χ2n) is 5.67. The first-order valence-electron chi connectivity index (χ1n) is 7.16. The van der Waals surface area contributed by atoms with Crippen molar-refractivity contribution in [1.82, 2.24) is 0 Å². The molecule has 0 amide bonds. The molecule has 3 heteroatoms. The van der Waals surface area contributed by atoms with Crippen molar-refractivity contribution in [1.29, 1.82) is 0 Å². The van der Waals surface area contributed by atoms with Crippen LogP contribution in [0.3, 0.4) is 0 Å². The van der Waals surface area contributed by atoms with Crippen LogP contribution in [0.4, 0.5) is 0 Å². The van der Waals surface area contributed by atoms with Gasteiger partial charge >= 0.3 is 0 Å². The molecule has 2 N–H and O–H groups in total. The SMILES string of the molecule is Cc1cc(CC(C)N)cc(C)c1OC1CCOCC1. The minimum Gasteiger partial charge on any atom is -0.490 e. The molecule has 3 nitrogen and oxygen atoms in total. The average molecular weight is 263 g/mol. The van der Waals surface area contributed by atoms with Gasteiger partial charge in [0.2, 0.25) is 0 Å². The molecule has 1 saturated heterocycles. The second-order valence-corrected chi connectivity index (χ2v) is 5.67. The van der Waals surface area contributed by atoms with Crippen molar-refractivity contribution < 1.29 is 9.47 Å². The largest absolute Gasteiger partial charge is 0.490 e. The molecule has 1 heterocycles. The smallest absolute Gasteiger partial charge is 0.125 e. The lowest BCUT2D eigenvalue weighted by Crippen LogP contribution is -2.26. The van der Waals surface area contributed by atoms with Crippen LogP contribution in [0.5, 0.6) is 5.75 Å². The number of hydrogen-bond acceptors (Lipinski definition) is 3. The summed E-state index contributed by atoms with van der Waals surface area (Å²) in [6, 6.07) is 4.59. The molecule has 1 atom stereocenters. The van der Waals surface area contributed by atoms with E-state index in [4.69, 9.17) is 15.2 Å². The highest BCUT2D eigenvalue weighted by molar-refractivity contribution is 5.43. The van der Waals surface area contributed by atoms with Crippen LogP contribution in [-0.2, 0) is 11.2 Å². The maximum absolute atomic E-state index is 6.17. The normalized spacial score (nSPS) is 18.3. The standard InChI is InChI=1S/C16H25NO2/c1-11-8-14(10-13(3)17)9-12(2)16(11)19-15-4-6-18-7-5-15/h8-9,13,15H,4-7,10,17H2,1-3H3. The summed E-state index contributed by atoms with van der Waals surface area (Å²) in [5, 5.41) is 0. The van der Waals surface area contributed by atoms with Crippen molar-refractivity contribution in [3.05, 3.63) is 28.8 Å². The van der Waals surface area contributed by atoms with Crippen LogP contribution in [0, 0.1) is 13.8 Å². The van der Waals surface area contributed by atoms with Crippen LogP contribution >= 0.6 is 0 Å². The Labute approximate surface area is 116 Å². The first-order valence-corrected chi connectivity index (χ1v) is 7.16. The zero-order valence-corrected chi connectivity index (χ0v) is 12.2. The summed E-state index contributed by atoms with van der Waals surface area (Å²) in [6.07, 6.45) is 3.19. The fourth-order valence-corrected chi connectivity index (χ4v) is 2.68. The van der Waals surface area contributed by atoms with Gasteiger partial charge < -0.3 is 15.2 Å². The van der Waals surface area contributed by atoms with Gasteiger partial charge in [0.1, 0.15) is 11.9 Å². The van der Waals surface area contributed by atoms with Crippen molar-refractivity contribution >= 4 is 0 Å². The van der Waals surface area contributed by atoms with Gasteiger partial charge in [0, 0.05) is 18.9 Å². The zero-order chi connectivity index (χ0) is 13.8. The molecule has 0 saturated carbocycles. The second kappa shape index (κ2) is 6.40. The highest BCUT2D eigenvalue weighted by atomic mass is 16.5. The van der Waals surface area contributed by atoms with Gasteiger partial charge in [0.25, 0.3) is 0 Å². The Kier molecular flexibility index (Phi) is 4.83. The van der Waals surface area contributed by atoms with Gasteiger partial charge in [0.15, 0.2) is 0 Å². The number of benzene rings is 1. The maximum atomic E-state index is 6.17. The molecule has 0 spiro atoms. The molecule has 0 aliphatic carbocycles. The Hall–Kier alpha value is -1.06. The molecular formula is C16H25NO2. The van der Waals surface area contributed by atoms with Crippen molar-refractivity contribution in [3.8, 4) is 5.75 Å². The van der Waals surface area contributed by atoms with Gasteiger partial charge in [-0.3, -0.25) is 0 Å². The topological polar surface area (TPSA) is 44.5 Å². The monoisotopic (exact) mass is 263 g/mol. The van der Waals surface area contributed by atoms with E-state index < -0.39 is 0 Å². The van der Waals surface area contributed by atoms with Crippen molar-refractivity contribution in [2.45, 2.75) is 52.2 Å². The predicted molar refractivity (Wildman–Crippen MR) is 77.7 cm³/mol. The minimum atomic E-state index is 0.195. The highest BCUT2D eigenvalue weighted by Gasteiger charge is 2.17. The maximum Gasteiger partial charge on any atom is 0.125 e. The van der Waals surface area contributed by atoms with Crippen LogP contribution in [0.1, 0.15) is 36.5 Å². The molecule has 1 aromatic carbocycles. The summed E-state index contributed by atoms with van der Waals surface area (Å²) in [5.74, 6) is 1.04. The summed E-state index contributed by atoms with van der Waals surface area (Å²) >= 11 is 0. The summed E-state index contributed by atoms with van der Waals surface area (Å²) in [6.45, 7) is 7.90. The first kappa shape index (κ1) is 14.4. The van der Waals surface area contributed by atoms with Gasteiger partial charge in [0.05, 0.1) is 13.2 Å². The number of rotatable bonds is 4. The highest BCUT2D eigenvalue weighted by Crippen LogP contribution is 2.28. The van der Waals surface area contributed by atoms with E-state index in [-0.39, 0.29) is 6.04 Å². The van der Waals surface area contributed by atoms with E-state index in [1.54, 1.807) is 0 Å². The Morgan fingerprint density at radius 1 is 1.26 bits per heavy atom. The molecule has 1 aliphatic rings. The summed E-state index contributed by atoms with van der Waals surface area (Å²) in [5.41, 5.74) is 9.58. The molecule has 1 fully saturated rings. The summed E-state index contributed by atoms with van der Waals surface area (Å²) in [4.78, 5) is 0. The van der Waals surface area contributed by atoms with E-state index in [9.17, 15) is 0 Å². The van der Waals surface area contributed by atoms with E-state index in [1.165, 1.54) is 16.7 Å². The molecule has 0 bridgehead atoms. The Morgan fingerprint density at radius 2 is 1.84 bits per heavy atom. The van der Waals surface area contributed by atoms with E-state index in [1.807, 2.05) is 6.92 Å². The van der Waals surface area contributed by atoms with Crippen molar-refractivity contribution in [3.63, 3.8) is 0 Å². The minimum absolute atomic E-state index is 0.195. The summed E-state index contributed by atoms with van der Waals surface area (Å²) < 4.78 is 11.5. The van der Waals surface area contributed by atoms with Gasteiger partial charge in [-0.05, 0) is 43.9 Å². The van der Waals surface area contributed by atoms with Crippen LogP contribution < -0.4 is 10.5 Å². The van der Waals surface area contributed by atoms with Crippen LogP contribution in [0.25, 0.3) is 0 Å². The first-order chi connectivity index (χ1) is 9.06. The van der Waals surface area contributed by atoms with Gasteiger partial charge in [-0.25, -0.2) is 0 Å². The molecule has 1 aromatic rings. The van der Waals surface area contributed by atoms with E-state index in [0.29, 0.717) is 6.10 Å². The average Bonchev–Trinajstić information content (AvgIpc) is 2.34. The quantitative estimate of drug-likeness (QED) is 0.908. The molecule has 19 heavy (non-hydrogen) atoms. The van der Waals surface area contributed by atoms with Gasteiger partial charge in [-0.15, -0.1) is 0 Å². The van der Waals surface area contributed by atoms with Gasteiger partial charge in [-0.2, -0.15) is 0 Å². The lowest BCUT2D eigenvalue weighted by molar-refractivity contribution is 0.0250. The van der Waals surface area contributed by atoms with E-state index in [0.717, 1.165) is 38.2 Å². The Morgan fingerprint density at radius 3 is 2.37 bits per heavy atom. The number of nitrogens with two attached hydrogens (primary N) is 1.